The smallest absolute Gasteiger partial charge is 0.0386 e. The molecule has 1 aromatic rings. The highest BCUT2D eigenvalue weighted by atomic mass is 79.9. The maximum Gasteiger partial charge on any atom is 0.0386 e. The van der Waals surface area contributed by atoms with Gasteiger partial charge in [0.05, 0.1) is 0 Å². The van der Waals surface area contributed by atoms with Crippen LogP contribution < -0.4 is 5.32 Å². The van der Waals surface area contributed by atoms with E-state index in [0.717, 1.165) is 11.8 Å². The van der Waals surface area contributed by atoms with Gasteiger partial charge in [-0.1, -0.05) is 26.2 Å². The Morgan fingerprint density at radius 2 is 2.00 bits per heavy atom. The molecule has 0 saturated heterocycles. The standard InChI is InChI=1S/C15H24BrNS/c1-3-12-4-6-13(7-5-12)9-17-11(2)15-8-14(16)10-18-15/h8,10-13,17H,3-7,9H2,1-2H3. The Morgan fingerprint density at radius 1 is 1.33 bits per heavy atom. The summed E-state index contributed by atoms with van der Waals surface area (Å²) in [5.74, 6) is 1.91. The third-order valence-electron chi connectivity index (χ3n) is 4.27. The molecule has 0 radical (unpaired) electrons. The van der Waals surface area contributed by atoms with Crippen molar-refractivity contribution in [3.63, 3.8) is 0 Å². The van der Waals surface area contributed by atoms with Gasteiger partial charge in [0.25, 0.3) is 0 Å². The van der Waals surface area contributed by atoms with E-state index in [1.165, 1.54) is 48.0 Å². The minimum Gasteiger partial charge on any atom is -0.309 e. The quantitative estimate of drug-likeness (QED) is 0.764. The Bertz CT molecular complexity index is 355. The van der Waals surface area contributed by atoms with Crippen LogP contribution in [0.25, 0.3) is 0 Å². The minimum atomic E-state index is 0.491. The first-order valence-corrected chi connectivity index (χ1v) is 8.83. The summed E-state index contributed by atoms with van der Waals surface area (Å²) in [6, 6.07) is 2.72. The molecule has 3 heteroatoms. The van der Waals surface area contributed by atoms with Crippen LogP contribution in [0.5, 0.6) is 0 Å². The van der Waals surface area contributed by atoms with Crippen molar-refractivity contribution in [2.75, 3.05) is 6.54 Å². The lowest BCUT2D eigenvalue weighted by atomic mass is 9.81. The van der Waals surface area contributed by atoms with E-state index in [1.807, 2.05) is 11.3 Å². The van der Waals surface area contributed by atoms with E-state index in [2.05, 4.69) is 46.5 Å². The Labute approximate surface area is 123 Å². The van der Waals surface area contributed by atoms with Crippen molar-refractivity contribution in [2.24, 2.45) is 11.8 Å². The van der Waals surface area contributed by atoms with Gasteiger partial charge in [0, 0.05) is 20.8 Å². The summed E-state index contributed by atoms with van der Waals surface area (Å²) in [6.07, 6.45) is 7.11. The maximum atomic E-state index is 3.70. The van der Waals surface area contributed by atoms with E-state index >= 15 is 0 Å². The molecular formula is C15H24BrNS. The first kappa shape index (κ1) is 14.5. The van der Waals surface area contributed by atoms with Gasteiger partial charge in [0.1, 0.15) is 0 Å². The van der Waals surface area contributed by atoms with E-state index in [-0.39, 0.29) is 0 Å². The monoisotopic (exact) mass is 329 g/mol. The molecule has 1 unspecified atom stereocenters. The number of hydrogen-bond donors (Lipinski definition) is 1. The van der Waals surface area contributed by atoms with Crippen LogP contribution in [-0.4, -0.2) is 6.54 Å². The van der Waals surface area contributed by atoms with E-state index in [4.69, 9.17) is 0 Å². The maximum absolute atomic E-state index is 3.70. The summed E-state index contributed by atoms with van der Waals surface area (Å²) in [5, 5.41) is 5.87. The first-order valence-electron chi connectivity index (χ1n) is 7.16. The first-order chi connectivity index (χ1) is 8.69. The predicted octanol–water partition coefficient (Wildman–Crippen LogP) is 5.38. The summed E-state index contributed by atoms with van der Waals surface area (Å²) in [5.41, 5.74) is 0. The molecule has 2 rings (SSSR count). The lowest BCUT2D eigenvalue weighted by Gasteiger charge is -2.28. The highest BCUT2D eigenvalue weighted by molar-refractivity contribution is 9.10. The van der Waals surface area contributed by atoms with Crippen molar-refractivity contribution in [3.8, 4) is 0 Å². The minimum absolute atomic E-state index is 0.491. The molecule has 0 aromatic carbocycles. The van der Waals surface area contributed by atoms with Gasteiger partial charge in [-0.15, -0.1) is 11.3 Å². The molecule has 1 aromatic heterocycles. The zero-order valence-electron chi connectivity index (χ0n) is 11.4. The Hall–Kier alpha value is 0.140. The van der Waals surface area contributed by atoms with Gasteiger partial charge in [-0.3, -0.25) is 0 Å². The van der Waals surface area contributed by atoms with Gasteiger partial charge in [-0.25, -0.2) is 0 Å². The molecule has 1 nitrogen and oxygen atoms in total. The average molecular weight is 330 g/mol. The van der Waals surface area contributed by atoms with Crippen molar-refractivity contribution in [3.05, 3.63) is 20.8 Å². The normalized spacial score (nSPS) is 26.2. The fourth-order valence-corrected chi connectivity index (χ4v) is 4.32. The number of rotatable bonds is 5. The van der Waals surface area contributed by atoms with Crippen LogP contribution in [0, 0.1) is 11.8 Å². The van der Waals surface area contributed by atoms with E-state index < -0.39 is 0 Å². The van der Waals surface area contributed by atoms with E-state index in [1.54, 1.807) is 0 Å². The molecule has 1 heterocycles. The van der Waals surface area contributed by atoms with Gasteiger partial charge in [0.15, 0.2) is 0 Å². The fraction of sp³-hybridized carbons (Fsp3) is 0.733. The molecule has 1 N–H and O–H groups in total. The van der Waals surface area contributed by atoms with Crippen molar-refractivity contribution in [1.82, 2.24) is 5.32 Å². The zero-order valence-corrected chi connectivity index (χ0v) is 13.8. The molecular weight excluding hydrogens is 306 g/mol. The van der Waals surface area contributed by atoms with Crippen LogP contribution in [0.1, 0.15) is 56.9 Å². The van der Waals surface area contributed by atoms with Crippen LogP contribution in [0.2, 0.25) is 0 Å². The predicted molar refractivity (Wildman–Crippen MR) is 84.2 cm³/mol. The molecule has 1 aliphatic carbocycles. The third kappa shape index (κ3) is 4.07. The number of nitrogens with one attached hydrogen (secondary N) is 1. The van der Waals surface area contributed by atoms with Crippen LogP contribution in [0.15, 0.2) is 15.9 Å². The van der Waals surface area contributed by atoms with Gasteiger partial charge >= 0.3 is 0 Å². The second-order valence-electron chi connectivity index (χ2n) is 5.59. The van der Waals surface area contributed by atoms with Gasteiger partial charge < -0.3 is 5.32 Å². The molecule has 18 heavy (non-hydrogen) atoms. The van der Waals surface area contributed by atoms with Gasteiger partial charge in [0.2, 0.25) is 0 Å². The van der Waals surface area contributed by atoms with E-state index in [0.29, 0.717) is 6.04 Å². The number of thiophene rings is 1. The van der Waals surface area contributed by atoms with E-state index in [9.17, 15) is 0 Å². The Kier molecular flexibility index (Phi) is 5.71. The van der Waals surface area contributed by atoms with Crippen LogP contribution in [-0.2, 0) is 0 Å². The Morgan fingerprint density at radius 3 is 2.56 bits per heavy atom. The van der Waals surface area contributed by atoms with Gasteiger partial charge in [-0.2, -0.15) is 0 Å². The molecule has 1 aliphatic rings. The van der Waals surface area contributed by atoms with Crippen molar-refractivity contribution in [1.29, 1.82) is 0 Å². The lowest BCUT2D eigenvalue weighted by molar-refractivity contribution is 0.258. The average Bonchev–Trinajstić information content (AvgIpc) is 2.83. The largest absolute Gasteiger partial charge is 0.309 e. The lowest BCUT2D eigenvalue weighted by Crippen LogP contribution is -2.28. The molecule has 102 valence electrons. The summed E-state index contributed by atoms with van der Waals surface area (Å²) < 4.78 is 1.21. The summed E-state index contributed by atoms with van der Waals surface area (Å²) in [4.78, 5) is 1.43. The highest BCUT2D eigenvalue weighted by Crippen LogP contribution is 2.31. The number of halogens is 1. The molecule has 0 bridgehead atoms. The molecule has 1 saturated carbocycles. The summed E-state index contributed by atoms with van der Waals surface area (Å²) in [7, 11) is 0. The van der Waals surface area contributed by atoms with Crippen molar-refractivity contribution >= 4 is 27.3 Å². The highest BCUT2D eigenvalue weighted by Gasteiger charge is 2.20. The SMILES string of the molecule is CCC1CCC(CNC(C)c2cc(Br)cs2)CC1. The van der Waals surface area contributed by atoms with Crippen molar-refractivity contribution < 1.29 is 0 Å². The molecule has 1 atom stereocenters. The van der Waals surface area contributed by atoms with Crippen LogP contribution in [0.3, 0.4) is 0 Å². The Balaban J connectivity index is 1.72. The fourth-order valence-electron chi connectivity index (χ4n) is 2.84. The second-order valence-corrected chi connectivity index (χ2v) is 7.45. The molecule has 0 spiro atoms. The molecule has 0 amide bonds. The number of hydrogen-bond acceptors (Lipinski definition) is 2. The molecule has 1 fully saturated rings. The summed E-state index contributed by atoms with van der Waals surface area (Å²) in [6.45, 7) is 5.79. The van der Waals surface area contributed by atoms with Crippen molar-refractivity contribution in [2.45, 2.75) is 52.0 Å². The van der Waals surface area contributed by atoms with Crippen LogP contribution >= 0.6 is 27.3 Å². The molecule has 0 aliphatic heterocycles. The third-order valence-corrected chi connectivity index (χ3v) is 6.15. The zero-order chi connectivity index (χ0) is 13.0. The van der Waals surface area contributed by atoms with Gasteiger partial charge in [-0.05, 0) is 60.1 Å². The second kappa shape index (κ2) is 7.06. The topological polar surface area (TPSA) is 12.0 Å². The van der Waals surface area contributed by atoms with Crippen LogP contribution in [0.4, 0.5) is 0 Å². The summed E-state index contributed by atoms with van der Waals surface area (Å²) >= 11 is 5.36.